The normalized spacial score (nSPS) is 25.7. The molecular weight excluding hydrogens is 266 g/mol. The second-order valence-electron chi connectivity index (χ2n) is 6.00. The van der Waals surface area contributed by atoms with E-state index in [0.29, 0.717) is 26.3 Å². The molecular formula is C16H25N3O2. The Morgan fingerprint density at radius 3 is 3.24 bits per heavy atom. The lowest BCUT2D eigenvalue weighted by Gasteiger charge is -2.27. The van der Waals surface area contributed by atoms with Gasteiger partial charge in [-0.05, 0) is 18.1 Å². The van der Waals surface area contributed by atoms with Crippen molar-refractivity contribution in [2.24, 2.45) is 0 Å². The van der Waals surface area contributed by atoms with Crippen molar-refractivity contribution < 1.29 is 9.84 Å². The van der Waals surface area contributed by atoms with Gasteiger partial charge in [0.15, 0.2) is 0 Å². The minimum atomic E-state index is -0.792. The van der Waals surface area contributed by atoms with Crippen LogP contribution in [0.5, 0.6) is 0 Å². The average molecular weight is 291 g/mol. The Morgan fingerprint density at radius 2 is 2.29 bits per heavy atom. The molecule has 1 atom stereocenters. The molecule has 1 saturated heterocycles. The third-order valence-electron chi connectivity index (χ3n) is 4.24. The van der Waals surface area contributed by atoms with Crippen molar-refractivity contribution in [3.05, 3.63) is 29.8 Å². The summed E-state index contributed by atoms with van der Waals surface area (Å²) >= 11 is 0. The van der Waals surface area contributed by atoms with E-state index in [2.05, 4.69) is 39.8 Å². The van der Waals surface area contributed by atoms with E-state index in [1.54, 1.807) is 0 Å². The van der Waals surface area contributed by atoms with Gasteiger partial charge in [-0.3, -0.25) is 0 Å². The highest BCUT2D eigenvalue weighted by Crippen LogP contribution is 2.26. The summed E-state index contributed by atoms with van der Waals surface area (Å²) in [6, 6.07) is 8.61. The summed E-state index contributed by atoms with van der Waals surface area (Å²) in [6.45, 7) is 5.98. The van der Waals surface area contributed by atoms with Crippen LogP contribution in [-0.4, -0.2) is 63.2 Å². The molecule has 0 radical (unpaired) electrons. The molecule has 3 rings (SSSR count). The first-order chi connectivity index (χ1) is 10.3. The van der Waals surface area contributed by atoms with E-state index in [9.17, 15) is 5.11 Å². The first-order valence-corrected chi connectivity index (χ1v) is 7.81. The zero-order valence-electron chi connectivity index (χ0n) is 12.5. The SMILES string of the molecule is OC1(CNCCN2CCc3ccccc32)CNCCOC1. The van der Waals surface area contributed by atoms with Gasteiger partial charge in [-0.15, -0.1) is 0 Å². The molecule has 2 heterocycles. The molecule has 1 aromatic carbocycles. The highest BCUT2D eigenvalue weighted by atomic mass is 16.5. The smallest absolute Gasteiger partial charge is 0.113 e. The molecule has 1 fully saturated rings. The summed E-state index contributed by atoms with van der Waals surface area (Å²) in [5, 5.41) is 17.0. The summed E-state index contributed by atoms with van der Waals surface area (Å²) in [4.78, 5) is 2.41. The lowest BCUT2D eigenvalue weighted by molar-refractivity contribution is -0.0260. The van der Waals surface area contributed by atoms with Crippen molar-refractivity contribution in [3.8, 4) is 0 Å². The van der Waals surface area contributed by atoms with Crippen LogP contribution < -0.4 is 15.5 Å². The van der Waals surface area contributed by atoms with Gasteiger partial charge in [0.25, 0.3) is 0 Å². The van der Waals surface area contributed by atoms with Crippen LogP contribution in [0.25, 0.3) is 0 Å². The second kappa shape index (κ2) is 6.75. The molecule has 2 aliphatic heterocycles. The molecule has 1 aromatic rings. The number of hydrogen-bond acceptors (Lipinski definition) is 5. The maximum absolute atomic E-state index is 10.4. The van der Waals surface area contributed by atoms with Crippen LogP contribution in [0.15, 0.2) is 24.3 Å². The second-order valence-corrected chi connectivity index (χ2v) is 6.00. The van der Waals surface area contributed by atoms with Gasteiger partial charge in [-0.1, -0.05) is 18.2 Å². The van der Waals surface area contributed by atoms with E-state index in [1.165, 1.54) is 11.3 Å². The summed E-state index contributed by atoms with van der Waals surface area (Å²) < 4.78 is 5.42. The largest absolute Gasteiger partial charge is 0.385 e. The number of hydrogen-bond donors (Lipinski definition) is 3. The Balaban J connectivity index is 1.43. The van der Waals surface area contributed by atoms with Crippen LogP contribution in [0.4, 0.5) is 5.69 Å². The first kappa shape index (κ1) is 14.8. The highest BCUT2D eigenvalue weighted by molar-refractivity contribution is 5.57. The van der Waals surface area contributed by atoms with Crippen molar-refractivity contribution in [1.82, 2.24) is 10.6 Å². The summed E-state index contributed by atoms with van der Waals surface area (Å²) in [5.74, 6) is 0. The fourth-order valence-corrected chi connectivity index (χ4v) is 3.07. The Labute approximate surface area is 126 Å². The maximum atomic E-state index is 10.4. The standard InChI is InChI=1S/C16H25N3O2/c20-16(12-18-7-10-21-13-16)11-17-6-9-19-8-5-14-3-1-2-4-15(14)19/h1-4,17-18,20H,5-13H2. The van der Waals surface area contributed by atoms with Gasteiger partial charge >= 0.3 is 0 Å². The Bertz CT molecular complexity index is 459. The molecule has 0 spiro atoms. The van der Waals surface area contributed by atoms with Crippen LogP contribution >= 0.6 is 0 Å². The van der Waals surface area contributed by atoms with Crippen LogP contribution in [0.1, 0.15) is 5.56 Å². The molecule has 2 aliphatic rings. The van der Waals surface area contributed by atoms with Gasteiger partial charge in [0, 0.05) is 45.0 Å². The predicted molar refractivity (Wildman–Crippen MR) is 83.9 cm³/mol. The molecule has 0 saturated carbocycles. The third-order valence-corrected chi connectivity index (χ3v) is 4.24. The number of aliphatic hydroxyl groups is 1. The van der Waals surface area contributed by atoms with Crippen molar-refractivity contribution in [2.45, 2.75) is 12.0 Å². The molecule has 5 nitrogen and oxygen atoms in total. The van der Waals surface area contributed by atoms with Crippen molar-refractivity contribution in [2.75, 3.05) is 57.4 Å². The number of anilines is 1. The van der Waals surface area contributed by atoms with Gasteiger partial charge in [0.1, 0.15) is 5.60 Å². The molecule has 0 aliphatic carbocycles. The van der Waals surface area contributed by atoms with E-state index in [1.807, 2.05) is 0 Å². The first-order valence-electron chi connectivity index (χ1n) is 7.81. The number of β-amino-alcohol motifs (C(OH)–C–C–N with tert-alkyl or cyclic N) is 1. The predicted octanol–water partition coefficient (Wildman–Crippen LogP) is -0.0104. The van der Waals surface area contributed by atoms with Gasteiger partial charge < -0.3 is 25.4 Å². The monoisotopic (exact) mass is 291 g/mol. The third kappa shape index (κ3) is 3.74. The quantitative estimate of drug-likeness (QED) is 0.666. The molecule has 0 amide bonds. The van der Waals surface area contributed by atoms with E-state index >= 15 is 0 Å². The van der Waals surface area contributed by atoms with Gasteiger partial charge in [0.05, 0.1) is 13.2 Å². The number of ether oxygens (including phenoxy) is 1. The number of para-hydroxylation sites is 1. The van der Waals surface area contributed by atoms with Crippen molar-refractivity contribution >= 4 is 5.69 Å². The molecule has 21 heavy (non-hydrogen) atoms. The molecule has 5 heteroatoms. The summed E-state index contributed by atoms with van der Waals surface area (Å²) in [6.07, 6.45) is 1.14. The van der Waals surface area contributed by atoms with Gasteiger partial charge in [-0.2, -0.15) is 0 Å². The molecule has 1 unspecified atom stereocenters. The van der Waals surface area contributed by atoms with Crippen molar-refractivity contribution in [1.29, 1.82) is 0 Å². The highest BCUT2D eigenvalue weighted by Gasteiger charge is 2.28. The van der Waals surface area contributed by atoms with E-state index in [4.69, 9.17) is 4.74 Å². The number of fused-ring (bicyclic) bond motifs is 1. The van der Waals surface area contributed by atoms with E-state index in [0.717, 1.165) is 32.6 Å². The van der Waals surface area contributed by atoms with Crippen molar-refractivity contribution in [3.63, 3.8) is 0 Å². The summed E-state index contributed by atoms with van der Waals surface area (Å²) in [7, 11) is 0. The van der Waals surface area contributed by atoms with Gasteiger partial charge in [0.2, 0.25) is 0 Å². The lowest BCUT2D eigenvalue weighted by Crippen LogP contribution is -2.51. The fraction of sp³-hybridized carbons (Fsp3) is 0.625. The topological polar surface area (TPSA) is 56.8 Å². The average Bonchev–Trinajstić information content (AvgIpc) is 2.78. The molecule has 3 N–H and O–H groups in total. The molecule has 0 aromatic heterocycles. The van der Waals surface area contributed by atoms with Crippen LogP contribution in [0.3, 0.4) is 0 Å². The number of nitrogens with zero attached hydrogens (tertiary/aromatic N) is 1. The number of rotatable bonds is 5. The Kier molecular flexibility index (Phi) is 4.75. The minimum Gasteiger partial charge on any atom is -0.385 e. The van der Waals surface area contributed by atoms with Crippen LogP contribution in [0.2, 0.25) is 0 Å². The summed E-state index contributed by atoms with van der Waals surface area (Å²) in [5.41, 5.74) is 2.01. The van der Waals surface area contributed by atoms with Crippen LogP contribution in [-0.2, 0) is 11.2 Å². The minimum absolute atomic E-state index is 0.402. The van der Waals surface area contributed by atoms with Gasteiger partial charge in [-0.25, -0.2) is 0 Å². The zero-order chi connectivity index (χ0) is 14.5. The molecule has 116 valence electrons. The Morgan fingerprint density at radius 1 is 1.38 bits per heavy atom. The zero-order valence-corrected chi connectivity index (χ0v) is 12.5. The van der Waals surface area contributed by atoms with Crippen LogP contribution in [0, 0.1) is 0 Å². The van der Waals surface area contributed by atoms with E-state index < -0.39 is 5.60 Å². The number of benzene rings is 1. The van der Waals surface area contributed by atoms with E-state index in [-0.39, 0.29) is 0 Å². The fourth-order valence-electron chi connectivity index (χ4n) is 3.07. The molecule has 0 bridgehead atoms. The maximum Gasteiger partial charge on any atom is 0.113 e. The Hall–Kier alpha value is -1.14. The lowest BCUT2D eigenvalue weighted by atomic mass is 10.1. The number of nitrogens with one attached hydrogen (secondary N) is 2.